The van der Waals surface area contributed by atoms with Crippen molar-refractivity contribution in [2.75, 3.05) is 16.4 Å². The molecular weight excluding hydrogens is 398 g/mol. The quantitative estimate of drug-likeness (QED) is 0.492. The zero-order chi connectivity index (χ0) is 22.2. The Balaban J connectivity index is 1.62. The Bertz CT molecular complexity index is 1140. The number of para-hydroxylation sites is 1. The molecule has 0 aliphatic heterocycles. The van der Waals surface area contributed by atoms with Gasteiger partial charge in [0.05, 0.1) is 11.6 Å². The highest BCUT2D eigenvalue weighted by Crippen LogP contribution is 2.18. The SMILES string of the molecule is Cc1ccccc1Nc1nc(N)nc(COC(=O)c2ccc(NC(=O)CC#N)cc2)n1. The standard InChI is InChI=1S/C21H19N7O3/c1-13-4-2-3-5-16(13)25-21-27-17(26-20(23)28-21)12-31-19(30)14-6-8-15(9-7-14)24-18(29)10-11-22/h2-9H,10,12H2,1H3,(H,24,29)(H3,23,25,26,27,28). The molecule has 10 heteroatoms. The Morgan fingerprint density at radius 2 is 1.84 bits per heavy atom. The van der Waals surface area contributed by atoms with Crippen LogP contribution < -0.4 is 16.4 Å². The maximum absolute atomic E-state index is 12.3. The predicted molar refractivity (Wildman–Crippen MR) is 113 cm³/mol. The summed E-state index contributed by atoms with van der Waals surface area (Å²) in [4.78, 5) is 36.0. The summed E-state index contributed by atoms with van der Waals surface area (Å²) in [6.07, 6.45) is -0.250. The van der Waals surface area contributed by atoms with Crippen LogP contribution in [0.2, 0.25) is 0 Å². The third kappa shape index (κ3) is 5.98. The second-order valence-corrected chi connectivity index (χ2v) is 6.41. The maximum atomic E-state index is 12.3. The van der Waals surface area contributed by atoms with E-state index in [1.807, 2.05) is 31.2 Å². The van der Waals surface area contributed by atoms with Crippen LogP contribution in [0.25, 0.3) is 0 Å². The van der Waals surface area contributed by atoms with E-state index in [4.69, 9.17) is 15.7 Å². The topological polar surface area (TPSA) is 156 Å². The summed E-state index contributed by atoms with van der Waals surface area (Å²) in [5.74, 6) is -0.597. The fourth-order valence-electron chi connectivity index (χ4n) is 2.57. The van der Waals surface area contributed by atoms with Gasteiger partial charge in [-0.25, -0.2) is 4.79 Å². The molecule has 0 spiro atoms. The minimum Gasteiger partial charge on any atom is -0.454 e. The molecular formula is C21H19N7O3. The van der Waals surface area contributed by atoms with Gasteiger partial charge in [0.2, 0.25) is 17.8 Å². The summed E-state index contributed by atoms with van der Waals surface area (Å²) in [6.45, 7) is 1.74. The number of carbonyl (C=O) groups is 2. The Hall–Kier alpha value is -4.52. The number of amides is 1. The number of benzene rings is 2. The van der Waals surface area contributed by atoms with Gasteiger partial charge in [0.25, 0.3) is 0 Å². The lowest BCUT2D eigenvalue weighted by Crippen LogP contribution is -2.12. The number of nitrogens with zero attached hydrogens (tertiary/aromatic N) is 4. The molecule has 0 saturated carbocycles. The average molecular weight is 417 g/mol. The molecule has 0 unspecified atom stereocenters. The number of aryl methyl sites for hydroxylation is 1. The van der Waals surface area contributed by atoms with Crippen LogP contribution in [0.5, 0.6) is 0 Å². The van der Waals surface area contributed by atoms with Crippen molar-refractivity contribution in [2.45, 2.75) is 20.0 Å². The minimum absolute atomic E-state index is 0.00500. The third-order valence-electron chi connectivity index (χ3n) is 4.07. The largest absolute Gasteiger partial charge is 0.454 e. The van der Waals surface area contributed by atoms with E-state index in [9.17, 15) is 9.59 Å². The van der Waals surface area contributed by atoms with E-state index in [-0.39, 0.29) is 36.3 Å². The number of nitrogens with one attached hydrogen (secondary N) is 2. The van der Waals surface area contributed by atoms with Crippen molar-refractivity contribution in [2.24, 2.45) is 0 Å². The van der Waals surface area contributed by atoms with E-state index in [1.165, 1.54) is 24.3 Å². The summed E-state index contributed by atoms with van der Waals surface area (Å²) >= 11 is 0. The molecule has 31 heavy (non-hydrogen) atoms. The van der Waals surface area contributed by atoms with Crippen LogP contribution in [0, 0.1) is 18.3 Å². The first-order chi connectivity index (χ1) is 14.9. The highest BCUT2D eigenvalue weighted by atomic mass is 16.5. The molecule has 0 radical (unpaired) electrons. The van der Waals surface area contributed by atoms with E-state index in [0.717, 1.165) is 11.3 Å². The normalized spacial score (nSPS) is 10.1. The molecule has 0 fully saturated rings. The van der Waals surface area contributed by atoms with Gasteiger partial charge < -0.3 is 21.1 Å². The van der Waals surface area contributed by atoms with Crippen molar-refractivity contribution in [3.05, 3.63) is 65.5 Å². The number of hydrogen-bond acceptors (Lipinski definition) is 9. The Morgan fingerprint density at radius 1 is 1.10 bits per heavy atom. The molecule has 0 aliphatic carbocycles. The molecule has 0 atom stereocenters. The lowest BCUT2D eigenvalue weighted by molar-refractivity contribution is -0.115. The van der Waals surface area contributed by atoms with Gasteiger partial charge >= 0.3 is 5.97 Å². The van der Waals surface area contributed by atoms with Crippen molar-refractivity contribution in [3.63, 3.8) is 0 Å². The molecule has 4 N–H and O–H groups in total. The van der Waals surface area contributed by atoms with Crippen molar-refractivity contribution in [1.82, 2.24) is 15.0 Å². The minimum atomic E-state index is -0.595. The fourth-order valence-corrected chi connectivity index (χ4v) is 2.57. The molecule has 1 amide bonds. The van der Waals surface area contributed by atoms with E-state index in [1.54, 1.807) is 6.07 Å². The number of rotatable bonds is 7. The second-order valence-electron chi connectivity index (χ2n) is 6.41. The van der Waals surface area contributed by atoms with Crippen LogP contribution in [-0.2, 0) is 16.1 Å². The molecule has 156 valence electrons. The molecule has 1 aromatic heterocycles. The van der Waals surface area contributed by atoms with Gasteiger partial charge in [-0.3, -0.25) is 4.79 Å². The second kappa shape index (κ2) is 9.80. The number of carbonyl (C=O) groups excluding carboxylic acids is 2. The van der Waals surface area contributed by atoms with E-state index < -0.39 is 11.9 Å². The number of nitrogen functional groups attached to an aromatic ring is 1. The summed E-state index contributed by atoms with van der Waals surface area (Å²) in [5, 5.41) is 14.1. The average Bonchev–Trinajstić information content (AvgIpc) is 2.74. The zero-order valence-electron chi connectivity index (χ0n) is 16.6. The lowest BCUT2D eigenvalue weighted by Gasteiger charge is -2.10. The number of anilines is 4. The van der Waals surface area contributed by atoms with Gasteiger partial charge in [-0.2, -0.15) is 20.2 Å². The van der Waals surface area contributed by atoms with Crippen LogP contribution in [-0.4, -0.2) is 26.8 Å². The lowest BCUT2D eigenvalue weighted by atomic mass is 10.2. The first-order valence-corrected chi connectivity index (χ1v) is 9.21. The van der Waals surface area contributed by atoms with E-state index in [0.29, 0.717) is 5.69 Å². The van der Waals surface area contributed by atoms with Gasteiger partial charge in [-0.1, -0.05) is 18.2 Å². The summed E-state index contributed by atoms with van der Waals surface area (Å²) in [6, 6.07) is 15.4. The Kier molecular flexibility index (Phi) is 6.70. The molecule has 2 aromatic carbocycles. The number of esters is 1. The molecule has 0 saturated heterocycles. The number of ether oxygens (including phenoxy) is 1. The van der Waals surface area contributed by atoms with Gasteiger partial charge in [-0.05, 0) is 42.8 Å². The highest BCUT2D eigenvalue weighted by Gasteiger charge is 2.11. The van der Waals surface area contributed by atoms with Crippen LogP contribution in [0.4, 0.5) is 23.3 Å². The monoisotopic (exact) mass is 417 g/mol. The smallest absolute Gasteiger partial charge is 0.338 e. The number of nitrogens with two attached hydrogens (primary N) is 1. The molecule has 10 nitrogen and oxygen atoms in total. The molecule has 0 aliphatic rings. The highest BCUT2D eigenvalue weighted by molar-refractivity contribution is 5.93. The van der Waals surface area contributed by atoms with E-state index in [2.05, 4.69) is 25.6 Å². The first-order valence-electron chi connectivity index (χ1n) is 9.21. The van der Waals surface area contributed by atoms with Crippen molar-refractivity contribution < 1.29 is 14.3 Å². The molecule has 0 bridgehead atoms. The molecule has 3 aromatic rings. The number of aromatic nitrogens is 3. The fraction of sp³-hybridized carbons (Fsp3) is 0.143. The number of nitriles is 1. The van der Waals surface area contributed by atoms with Crippen LogP contribution in [0.3, 0.4) is 0 Å². The Labute approximate surface area is 178 Å². The van der Waals surface area contributed by atoms with Gasteiger partial charge in [-0.15, -0.1) is 0 Å². The first kappa shape index (κ1) is 21.2. The summed E-state index contributed by atoms with van der Waals surface area (Å²) < 4.78 is 5.25. The predicted octanol–water partition coefficient (Wildman–Crippen LogP) is 2.72. The van der Waals surface area contributed by atoms with Crippen LogP contribution in [0.15, 0.2) is 48.5 Å². The van der Waals surface area contributed by atoms with Crippen molar-refractivity contribution >= 4 is 35.1 Å². The van der Waals surface area contributed by atoms with Gasteiger partial charge in [0.15, 0.2) is 12.4 Å². The molecule has 1 heterocycles. The Morgan fingerprint density at radius 3 is 2.55 bits per heavy atom. The molecule has 3 rings (SSSR count). The van der Waals surface area contributed by atoms with Gasteiger partial charge in [0.1, 0.15) is 6.42 Å². The van der Waals surface area contributed by atoms with E-state index >= 15 is 0 Å². The number of hydrogen-bond donors (Lipinski definition) is 3. The third-order valence-corrected chi connectivity index (χ3v) is 4.07. The van der Waals surface area contributed by atoms with Gasteiger partial charge in [0, 0.05) is 11.4 Å². The maximum Gasteiger partial charge on any atom is 0.338 e. The van der Waals surface area contributed by atoms with Crippen molar-refractivity contribution in [3.8, 4) is 6.07 Å². The summed E-state index contributed by atoms with van der Waals surface area (Å²) in [5.41, 5.74) is 8.31. The van der Waals surface area contributed by atoms with Crippen LogP contribution in [0.1, 0.15) is 28.2 Å². The van der Waals surface area contributed by atoms with Crippen molar-refractivity contribution in [1.29, 1.82) is 5.26 Å². The zero-order valence-corrected chi connectivity index (χ0v) is 16.6. The van der Waals surface area contributed by atoms with Crippen LogP contribution >= 0.6 is 0 Å². The summed E-state index contributed by atoms with van der Waals surface area (Å²) in [7, 11) is 0.